The molecule has 2 atom stereocenters. The number of carbonyl (C=O) groups excluding carboxylic acids is 3. The lowest BCUT2D eigenvalue weighted by molar-refractivity contribution is -0.805. The first-order chi connectivity index (χ1) is 12.5. The second-order valence-electron chi connectivity index (χ2n) is 6.56. The van der Waals surface area contributed by atoms with Crippen LogP contribution in [0.15, 0.2) is 30.3 Å². The largest absolute Gasteiger partial charge is 0.498 e. The molecular weight excluding hydrogens is 334 g/mol. The van der Waals surface area contributed by atoms with Gasteiger partial charge in [0.05, 0.1) is 6.07 Å². The zero-order valence-corrected chi connectivity index (χ0v) is 14.7. The van der Waals surface area contributed by atoms with Crippen LogP contribution in [0.25, 0.3) is 0 Å². The van der Waals surface area contributed by atoms with Crippen LogP contribution < -0.4 is 5.11 Å². The highest BCUT2D eigenvalue weighted by atomic mass is 16.4. The lowest BCUT2D eigenvalue weighted by Crippen LogP contribution is -2.60. The minimum Gasteiger partial charge on any atom is -0.498 e. The molecule has 1 aliphatic rings. The molecule has 1 aromatic rings. The number of benzene rings is 1. The molecule has 7 nitrogen and oxygen atoms in total. The molecule has 138 valence electrons. The molecule has 1 fully saturated rings. The van der Waals surface area contributed by atoms with Crippen LogP contribution in [0.4, 0.5) is 9.59 Å². The molecule has 0 aliphatic carbocycles. The number of quaternary nitrogens is 1. The van der Waals surface area contributed by atoms with Crippen LogP contribution in [0, 0.1) is 11.3 Å². The second-order valence-corrected chi connectivity index (χ2v) is 6.56. The molecule has 0 radical (unpaired) electrons. The summed E-state index contributed by atoms with van der Waals surface area (Å²) in [5, 5.41) is 20.4. The Bertz CT molecular complexity index is 686. The smallest absolute Gasteiger partial charge is 0.426 e. The van der Waals surface area contributed by atoms with Crippen LogP contribution in [-0.2, 0) is 11.3 Å². The zero-order valence-electron chi connectivity index (χ0n) is 14.7. The Hall–Kier alpha value is -2.72. The van der Waals surface area contributed by atoms with E-state index in [1.807, 2.05) is 6.07 Å². The Morgan fingerprint density at radius 2 is 1.96 bits per heavy atom. The Morgan fingerprint density at radius 3 is 2.58 bits per heavy atom. The predicted octanol–water partition coefficient (Wildman–Crippen LogP) is 1.82. The Labute approximate surface area is 153 Å². The summed E-state index contributed by atoms with van der Waals surface area (Å²) in [7, 11) is 0. The number of nitriles is 1. The van der Waals surface area contributed by atoms with Gasteiger partial charge in [-0.2, -0.15) is 9.74 Å². The van der Waals surface area contributed by atoms with Crippen LogP contribution in [0.1, 0.15) is 37.7 Å². The third-order valence-electron chi connectivity index (χ3n) is 4.75. The summed E-state index contributed by atoms with van der Waals surface area (Å²) >= 11 is 0. The van der Waals surface area contributed by atoms with E-state index >= 15 is 0 Å². The first kappa shape index (κ1) is 19.6. The van der Waals surface area contributed by atoms with Gasteiger partial charge >= 0.3 is 6.03 Å². The minimum absolute atomic E-state index is 0.0367. The van der Waals surface area contributed by atoms with Crippen molar-refractivity contribution in [3.63, 3.8) is 0 Å². The van der Waals surface area contributed by atoms with Gasteiger partial charge in [0.15, 0.2) is 0 Å². The van der Waals surface area contributed by atoms with Gasteiger partial charge in [-0.05, 0) is 12.8 Å². The molecule has 2 rings (SSSR count). The molecular formula is C19H23N3O4. The van der Waals surface area contributed by atoms with Crippen LogP contribution in [0.2, 0.25) is 0 Å². The standard InChI is InChI=1S/C19H23N3O4/c20-11-7-2-1-3-8-12-21-17(15-23)14-22(18(21)24,19(25)26)13-16-9-5-4-6-10-16/h4-6,9-10,15,17H,1-3,7-8,12-14H2/t17-,22?/m1/s1. The average Bonchev–Trinajstić information content (AvgIpc) is 2.92. The minimum atomic E-state index is -1.48. The van der Waals surface area contributed by atoms with E-state index in [2.05, 4.69) is 6.07 Å². The monoisotopic (exact) mass is 357 g/mol. The van der Waals surface area contributed by atoms with Gasteiger partial charge in [0.25, 0.3) is 6.09 Å². The number of imide groups is 1. The first-order valence-corrected chi connectivity index (χ1v) is 8.81. The maximum Gasteiger partial charge on any atom is 0.426 e. The van der Waals surface area contributed by atoms with Crippen molar-refractivity contribution >= 4 is 18.4 Å². The van der Waals surface area contributed by atoms with Crippen LogP contribution in [-0.4, -0.2) is 46.9 Å². The second kappa shape index (κ2) is 9.11. The molecule has 0 saturated carbocycles. The fraction of sp³-hybridized carbons (Fsp3) is 0.474. The van der Waals surface area contributed by atoms with Crippen molar-refractivity contribution in [2.24, 2.45) is 0 Å². The highest BCUT2D eigenvalue weighted by molar-refractivity contribution is 5.84. The Balaban J connectivity index is 2.08. The number of rotatable bonds is 9. The highest BCUT2D eigenvalue weighted by Gasteiger charge is 2.53. The van der Waals surface area contributed by atoms with Crippen LogP contribution >= 0.6 is 0 Å². The molecule has 7 heteroatoms. The van der Waals surface area contributed by atoms with E-state index in [1.165, 1.54) is 4.90 Å². The average molecular weight is 357 g/mol. The lowest BCUT2D eigenvalue weighted by Gasteiger charge is -2.30. The number of carboxylic acid groups (broad SMARTS) is 1. The summed E-state index contributed by atoms with van der Waals surface area (Å²) in [6, 6.07) is 9.60. The lowest BCUT2D eigenvalue weighted by atomic mass is 10.1. The SMILES string of the molecule is N#CCCCCCCN1C(=O)[N+](Cc2ccccc2)(C(=O)[O-])C[C@@H]1C=O. The Morgan fingerprint density at radius 1 is 1.27 bits per heavy atom. The predicted molar refractivity (Wildman–Crippen MR) is 91.3 cm³/mol. The molecule has 1 unspecified atom stereocenters. The maximum absolute atomic E-state index is 12.9. The van der Waals surface area contributed by atoms with Gasteiger partial charge in [-0.25, -0.2) is 4.79 Å². The molecule has 1 aromatic carbocycles. The molecule has 0 spiro atoms. The molecule has 0 N–H and O–H groups in total. The van der Waals surface area contributed by atoms with E-state index < -0.39 is 22.6 Å². The molecule has 3 amide bonds. The normalized spacial score (nSPS) is 22.2. The summed E-state index contributed by atoms with van der Waals surface area (Å²) in [6.07, 6.45) is 2.81. The maximum atomic E-state index is 12.9. The topological polar surface area (TPSA) is 101 Å². The van der Waals surface area contributed by atoms with Gasteiger partial charge in [-0.15, -0.1) is 0 Å². The molecule has 1 aliphatic heterocycles. The van der Waals surface area contributed by atoms with Crippen molar-refractivity contribution in [1.29, 1.82) is 5.26 Å². The molecule has 1 heterocycles. The number of hydrogen-bond donors (Lipinski definition) is 0. The highest BCUT2D eigenvalue weighted by Crippen LogP contribution is 2.27. The third kappa shape index (κ3) is 4.27. The van der Waals surface area contributed by atoms with Crippen molar-refractivity contribution in [1.82, 2.24) is 4.90 Å². The molecule has 0 aromatic heterocycles. The summed E-state index contributed by atoms with van der Waals surface area (Å²) in [5.41, 5.74) is 0.702. The van der Waals surface area contributed by atoms with Gasteiger partial charge in [-0.3, -0.25) is 4.90 Å². The molecule has 26 heavy (non-hydrogen) atoms. The first-order valence-electron chi connectivity index (χ1n) is 8.81. The Kier molecular flexibility index (Phi) is 6.87. The summed E-state index contributed by atoms with van der Waals surface area (Å²) in [4.78, 5) is 37.5. The fourth-order valence-corrected chi connectivity index (χ4v) is 3.35. The number of aldehydes is 1. The van der Waals surface area contributed by atoms with Gasteiger partial charge in [0, 0.05) is 18.5 Å². The van der Waals surface area contributed by atoms with E-state index in [4.69, 9.17) is 5.26 Å². The van der Waals surface area contributed by atoms with E-state index in [1.54, 1.807) is 24.3 Å². The number of amides is 3. The van der Waals surface area contributed by atoms with E-state index in [0.717, 1.165) is 19.3 Å². The van der Waals surface area contributed by atoms with Crippen molar-refractivity contribution in [3.8, 4) is 6.07 Å². The number of hydrogen-bond acceptors (Lipinski definition) is 5. The summed E-state index contributed by atoms with van der Waals surface area (Å²) in [6.45, 7) is 0.176. The van der Waals surface area contributed by atoms with E-state index in [9.17, 15) is 19.5 Å². The zero-order chi connectivity index (χ0) is 19.0. The van der Waals surface area contributed by atoms with E-state index in [-0.39, 0.29) is 13.1 Å². The van der Waals surface area contributed by atoms with Gasteiger partial charge in [0.2, 0.25) is 0 Å². The van der Waals surface area contributed by atoms with Crippen molar-refractivity contribution in [3.05, 3.63) is 35.9 Å². The quantitative estimate of drug-likeness (QED) is 0.381. The number of unbranched alkanes of at least 4 members (excludes halogenated alkanes) is 4. The van der Waals surface area contributed by atoms with Gasteiger partial charge in [-0.1, -0.05) is 43.2 Å². The molecule has 0 bridgehead atoms. The van der Waals surface area contributed by atoms with Crippen molar-refractivity contribution in [2.75, 3.05) is 13.1 Å². The summed E-state index contributed by atoms with van der Waals surface area (Å²) < 4.78 is -0.887. The molecule has 1 saturated heterocycles. The van der Waals surface area contributed by atoms with Gasteiger partial charge < -0.3 is 14.7 Å². The van der Waals surface area contributed by atoms with E-state index in [0.29, 0.717) is 31.2 Å². The fourth-order valence-electron chi connectivity index (χ4n) is 3.35. The van der Waals surface area contributed by atoms with Crippen LogP contribution in [0.3, 0.4) is 0 Å². The number of nitrogens with zero attached hydrogens (tertiary/aromatic N) is 3. The van der Waals surface area contributed by atoms with Crippen molar-refractivity contribution < 1.29 is 24.0 Å². The van der Waals surface area contributed by atoms with Gasteiger partial charge in [0.1, 0.15) is 25.4 Å². The van der Waals surface area contributed by atoms with Crippen molar-refractivity contribution in [2.45, 2.75) is 44.7 Å². The number of urea groups is 1. The number of carbonyl (C=O) groups is 3. The third-order valence-corrected chi connectivity index (χ3v) is 4.75. The summed E-state index contributed by atoms with van der Waals surface area (Å²) in [5.74, 6) is 0. The van der Waals surface area contributed by atoms with Crippen LogP contribution in [0.5, 0.6) is 0 Å².